The van der Waals surface area contributed by atoms with Crippen molar-refractivity contribution in [2.24, 2.45) is 0 Å². The van der Waals surface area contributed by atoms with E-state index in [4.69, 9.17) is 4.74 Å². The highest BCUT2D eigenvalue weighted by atomic mass is 19.2. The number of carbonyl (C=O) groups is 1. The Morgan fingerprint density at radius 2 is 1.89 bits per heavy atom. The Hall–Kier alpha value is -4.15. The number of carboxylic acids is 1. The third kappa shape index (κ3) is 3.84. The first-order valence-corrected chi connectivity index (χ1v) is 11.8. The molecule has 0 aliphatic rings. The molecule has 38 heavy (non-hydrogen) atoms. The number of aromatic amines is 1. The van der Waals surface area contributed by atoms with Gasteiger partial charge in [0.1, 0.15) is 11.1 Å². The molecule has 0 aliphatic carbocycles. The lowest BCUT2D eigenvalue weighted by Gasteiger charge is -2.30. The molecule has 0 bridgehead atoms. The SMILES string of the molecule is CCC(O)(COC)c1c(-c2ccc(C(=O)O)c(C)c2)c2c(F)c3[nH]ncc3cc2n1-c1ccc(F)c(F)c1. The first kappa shape index (κ1) is 25.5. The Balaban J connectivity index is 2.03. The van der Waals surface area contributed by atoms with Crippen molar-refractivity contribution >= 4 is 27.8 Å². The zero-order valence-corrected chi connectivity index (χ0v) is 20.8. The van der Waals surface area contributed by atoms with Gasteiger partial charge in [0.15, 0.2) is 17.5 Å². The Kier molecular flexibility index (Phi) is 6.24. The molecule has 5 rings (SSSR count). The van der Waals surface area contributed by atoms with Crippen molar-refractivity contribution < 1.29 is 32.9 Å². The highest BCUT2D eigenvalue weighted by molar-refractivity contribution is 6.07. The topological polar surface area (TPSA) is 100 Å². The van der Waals surface area contributed by atoms with E-state index in [9.17, 15) is 23.8 Å². The van der Waals surface area contributed by atoms with Gasteiger partial charge in [0, 0.05) is 35.2 Å². The number of nitrogens with one attached hydrogen (secondary N) is 1. The van der Waals surface area contributed by atoms with Gasteiger partial charge in [-0.25, -0.2) is 18.0 Å². The first-order chi connectivity index (χ1) is 18.1. The predicted molar refractivity (Wildman–Crippen MR) is 136 cm³/mol. The zero-order chi connectivity index (χ0) is 27.4. The van der Waals surface area contributed by atoms with Crippen molar-refractivity contribution in [3.63, 3.8) is 0 Å². The number of aromatic carboxylic acids is 1. The number of carboxylic acid groups (broad SMARTS) is 1. The minimum Gasteiger partial charge on any atom is -0.478 e. The van der Waals surface area contributed by atoms with Crippen LogP contribution in [-0.4, -0.2) is 44.7 Å². The van der Waals surface area contributed by atoms with Gasteiger partial charge in [-0.1, -0.05) is 19.1 Å². The van der Waals surface area contributed by atoms with Crippen molar-refractivity contribution in [3.8, 4) is 16.8 Å². The molecular formula is C28H24F3N3O4. The second-order valence-electron chi connectivity index (χ2n) is 9.23. The van der Waals surface area contributed by atoms with Crippen LogP contribution in [0.15, 0.2) is 48.7 Å². The number of aryl methyl sites for hydroxylation is 1. The van der Waals surface area contributed by atoms with Gasteiger partial charge in [0.2, 0.25) is 0 Å². The lowest BCUT2D eigenvalue weighted by Crippen LogP contribution is -2.33. The third-order valence-electron chi connectivity index (χ3n) is 6.92. The fraction of sp³-hybridized carbons (Fsp3) is 0.214. The third-order valence-corrected chi connectivity index (χ3v) is 6.92. The smallest absolute Gasteiger partial charge is 0.335 e. The molecule has 3 N–H and O–H groups in total. The van der Waals surface area contributed by atoms with Crippen LogP contribution >= 0.6 is 0 Å². The lowest BCUT2D eigenvalue weighted by atomic mass is 9.88. The number of aromatic nitrogens is 3. The molecule has 2 heterocycles. The number of hydrogen-bond donors (Lipinski definition) is 3. The standard InChI is InChI=1S/C28H24F3N3O4/c1-4-28(37,13-38-3)26-22(15-5-7-18(27(35)36)14(2)9-15)23-21(10-16-12-32-33-25(16)24(23)31)34(26)17-6-8-19(29)20(30)11-17/h5-12,37H,4,13H2,1-3H3,(H,32,33)(H,35,36). The Labute approximate surface area is 215 Å². The van der Waals surface area contributed by atoms with E-state index in [2.05, 4.69) is 10.2 Å². The summed E-state index contributed by atoms with van der Waals surface area (Å²) in [6.45, 7) is 3.15. The number of hydrogen-bond acceptors (Lipinski definition) is 4. The van der Waals surface area contributed by atoms with E-state index < -0.39 is 29.0 Å². The number of rotatable bonds is 7. The second-order valence-corrected chi connectivity index (χ2v) is 9.23. The van der Waals surface area contributed by atoms with Gasteiger partial charge in [0.25, 0.3) is 0 Å². The van der Waals surface area contributed by atoms with E-state index in [0.717, 1.165) is 12.1 Å². The highest BCUT2D eigenvalue weighted by Gasteiger charge is 2.38. The summed E-state index contributed by atoms with van der Waals surface area (Å²) in [7, 11) is 1.41. The normalized spacial score (nSPS) is 13.3. The lowest BCUT2D eigenvalue weighted by molar-refractivity contribution is -0.0422. The molecule has 7 nitrogen and oxygen atoms in total. The number of H-pyrrole nitrogens is 1. The number of halogens is 3. The molecule has 0 amide bonds. The molecule has 0 saturated carbocycles. The maximum absolute atomic E-state index is 16.3. The van der Waals surface area contributed by atoms with Crippen LogP contribution in [-0.2, 0) is 10.3 Å². The molecule has 5 aromatic rings. The Morgan fingerprint density at radius 3 is 2.53 bits per heavy atom. The molecule has 0 saturated heterocycles. The van der Waals surface area contributed by atoms with Gasteiger partial charge in [-0.05, 0) is 48.7 Å². The first-order valence-electron chi connectivity index (χ1n) is 11.8. The quantitative estimate of drug-likeness (QED) is 0.249. The van der Waals surface area contributed by atoms with Crippen LogP contribution in [0.1, 0.15) is 35.0 Å². The molecule has 0 radical (unpaired) electrons. The fourth-order valence-corrected chi connectivity index (χ4v) is 5.05. The maximum Gasteiger partial charge on any atom is 0.335 e. The van der Waals surface area contributed by atoms with E-state index >= 15 is 4.39 Å². The van der Waals surface area contributed by atoms with Crippen LogP contribution in [0.25, 0.3) is 38.6 Å². The zero-order valence-electron chi connectivity index (χ0n) is 20.8. The van der Waals surface area contributed by atoms with Gasteiger partial charge in [-0.2, -0.15) is 5.10 Å². The van der Waals surface area contributed by atoms with Crippen molar-refractivity contribution in [1.29, 1.82) is 0 Å². The van der Waals surface area contributed by atoms with E-state index in [1.54, 1.807) is 26.0 Å². The van der Waals surface area contributed by atoms with Gasteiger partial charge >= 0.3 is 5.97 Å². The van der Waals surface area contributed by atoms with Gasteiger partial charge in [-0.3, -0.25) is 5.10 Å². The molecule has 2 aromatic heterocycles. The van der Waals surface area contributed by atoms with Crippen LogP contribution in [0.5, 0.6) is 0 Å². The Bertz CT molecular complexity index is 1730. The molecule has 196 valence electrons. The summed E-state index contributed by atoms with van der Waals surface area (Å²) < 4.78 is 51.5. The predicted octanol–water partition coefficient (Wildman–Crippen LogP) is 5.84. The van der Waals surface area contributed by atoms with Gasteiger partial charge in [0.05, 0.1) is 29.6 Å². The molecule has 0 spiro atoms. The maximum atomic E-state index is 16.3. The molecular weight excluding hydrogens is 499 g/mol. The monoisotopic (exact) mass is 523 g/mol. The summed E-state index contributed by atoms with van der Waals surface area (Å²) in [4.78, 5) is 11.7. The van der Waals surface area contributed by atoms with Gasteiger partial charge in [-0.15, -0.1) is 0 Å². The summed E-state index contributed by atoms with van der Waals surface area (Å²) >= 11 is 0. The van der Waals surface area contributed by atoms with Crippen molar-refractivity contribution in [1.82, 2.24) is 14.8 Å². The number of nitrogens with zero attached hydrogens (tertiary/aromatic N) is 2. The van der Waals surface area contributed by atoms with E-state index in [1.165, 1.54) is 36.1 Å². The fourth-order valence-electron chi connectivity index (χ4n) is 5.05. The van der Waals surface area contributed by atoms with Gasteiger partial charge < -0.3 is 19.5 Å². The van der Waals surface area contributed by atoms with Crippen LogP contribution in [0.4, 0.5) is 13.2 Å². The van der Waals surface area contributed by atoms with Crippen molar-refractivity contribution in [2.75, 3.05) is 13.7 Å². The second kappa shape index (κ2) is 9.30. The molecule has 3 aromatic carbocycles. The molecule has 0 fully saturated rings. The molecule has 1 unspecified atom stereocenters. The minimum atomic E-state index is -1.70. The van der Waals surface area contributed by atoms with Crippen LogP contribution in [0.2, 0.25) is 0 Å². The number of ether oxygens (including phenoxy) is 1. The van der Waals surface area contributed by atoms with Crippen molar-refractivity contribution in [2.45, 2.75) is 25.9 Å². The minimum absolute atomic E-state index is 0.0683. The summed E-state index contributed by atoms with van der Waals surface area (Å²) in [5, 5.41) is 28.6. The summed E-state index contributed by atoms with van der Waals surface area (Å²) in [5.41, 5.74) is 0.210. The molecule has 0 aliphatic heterocycles. The van der Waals surface area contributed by atoms with Crippen LogP contribution in [0, 0.1) is 24.4 Å². The van der Waals surface area contributed by atoms with Crippen LogP contribution in [0.3, 0.4) is 0 Å². The average Bonchev–Trinajstić information content (AvgIpc) is 3.49. The summed E-state index contributed by atoms with van der Waals surface area (Å²) in [6.07, 6.45) is 1.56. The summed E-state index contributed by atoms with van der Waals surface area (Å²) in [5.74, 6) is -3.95. The van der Waals surface area contributed by atoms with Crippen molar-refractivity contribution in [3.05, 3.63) is 82.9 Å². The number of aliphatic hydroxyl groups is 1. The summed E-state index contributed by atoms with van der Waals surface area (Å²) in [6, 6.07) is 9.45. The largest absolute Gasteiger partial charge is 0.478 e. The number of methoxy groups -OCH3 is 1. The van der Waals surface area contributed by atoms with E-state index in [1.807, 2.05) is 0 Å². The molecule has 1 atom stereocenters. The number of fused-ring (bicyclic) bond motifs is 2. The molecule has 10 heteroatoms. The van der Waals surface area contributed by atoms with E-state index in [0.29, 0.717) is 16.5 Å². The Morgan fingerprint density at radius 1 is 1.13 bits per heavy atom. The van der Waals surface area contributed by atoms with E-state index in [-0.39, 0.29) is 52.0 Å². The highest BCUT2D eigenvalue weighted by Crippen LogP contribution is 2.46. The average molecular weight is 524 g/mol. The van der Waals surface area contributed by atoms with Crippen LogP contribution < -0.4 is 0 Å². The number of benzene rings is 3.